The SMILES string of the molecule is CCCCCCCCCCCCCCCC=CC(=O)C(O)[C@@H](O)CO. The number of allylic oxidation sites excluding steroid dienone is 1. The molecule has 0 fully saturated rings. The van der Waals surface area contributed by atoms with Gasteiger partial charge in [-0.15, -0.1) is 0 Å². The van der Waals surface area contributed by atoms with Crippen LogP contribution in [-0.4, -0.2) is 39.9 Å². The van der Waals surface area contributed by atoms with E-state index in [1.54, 1.807) is 6.08 Å². The summed E-state index contributed by atoms with van der Waals surface area (Å²) in [5, 5.41) is 27.2. The van der Waals surface area contributed by atoms with E-state index in [4.69, 9.17) is 10.2 Å². The lowest BCUT2D eigenvalue weighted by molar-refractivity contribution is -0.129. The minimum absolute atomic E-state index is 0.545. The monoisotopic (exact) mass is 356 g/mol. The molecule has 0 aliphatic rings. The maximum Gasteiger partial charge on any atom is 0.186 e. The Morgan fingerprint density at radius 2 is 1.24 bits per heavy atom. The number of carbonyl (C=O) groups excluding carboxylic acids is 1. The highest BCUT2D eigenvalue weighted by molar-refractivity contribution is 5.93. The lowest BCUT2D eigenvalue weighted by atomic mass is 10.0. The molecule has 0 saturated carbocycles. The minimum Gasteiger partial charge on any atom is -0.394 e. The average Bonchev–Trinajstić information content (AvgIpc) is 2.63. The summed E-state index contributed by atoms with van der Waals surface area (Å²) in [5.41, 5.74) is 0. The van der Waals surface area contributed by atoms with Crippen LogP contribution in [0, 0.1) is 0 Å². The smallest absolute Gasteiger partial charge is 0.186 e. The minimum atomic E-state index is -1.52. The highest BCUT2D eigenvalue weighted by atomic mass is 16.4. The molecule has 0 aromatic rings. The van der Waals surface area contributed by atoms with E-state index in [2.05, 4.69) is 6.92 Å². The molecule has 0 radical (unpaired) electrons. The average molecular weight is 357 g/mol. The van der Waals surface area contributed by atoms with E-state index < -0.39 is 24.6 Å². The van der Waals surface area contributed by atoms with Gasteiger partial charge in [-0.2, -0.15) is 0 Å². The molecule has 4 heteroatoms. The molecule has 0 saturated heterocycles. The van der Waals surface area contributed by atoms with Gasteiger partial charge in [0.1, 0.15) is 12.2 Å². The van der Waals surface area contributed by atoms with Crippen LogP contribution in [0.2, 0.25) is 0 Å². The quantitative estimate of drug-likeness (QED) is 0.253. The van der Waals surface area contributed by atoms with E-state index in [0.717, 1.165) is 19.3 Å². The Labute approximate surface area is 154 Å². The van der Waals surface area contributed by atoms with E-state index in [1.165, 1.54) is 76.7 Å². The molecule has 0 aliphatic carbocycles. The lowest BCUT2D eigenvalue weighted by Crippen LogP contribution is -2.35. The summed E-state index contributed by atoms with van der Waals surface area (Å²) in [5.74, 6) is -0.545. The van der Waals surface area contributed by atoms with Crippen molar-refractivity contribution in [1.82, 2.24) is 0 Å². The van der Waals surface area contributed by atoms with Gasteiger partial charge in [0, 0.05) is 0 Å². The van der Waals surface area contributed by atoms with Gasteiger partial charge < -0.3 is 15.3 Å². The first-order chi connectivity index (χ1) is 12.1. The molecule has 1 unspecified atom stereocenters. The summed E-state index contributed by atoms with van der Waals surface area (Å²) in [6.45, 7) is 1.64. The number of hydrogen-bond acceptors (Lipinski definition) is 4. The highest BCUT2D eigenvalue weighted by Crippen LogP contribution is 2.13. The van der Waals surface area contributed by atoms with Crippen molar-refractivity contribution in [1.29, 1.82) is 0 Å². The second kappa shape index (κ2) is 18.1. The van der Waals surface area contributed by atoms with Crippen LogP contribution in [0.4, 0.5) is 0 Å². The van der Waals surface area contributed by atoms with Gasteiger partial charge in [0.05, 0.1) is 6.61 Å². The molecule has 4 nitrogen and oxygen atoms in total. The Morgan fingerprint density at radius 3 is 1.68 bits per heavy atom. The molecule has 0 heterocycles. The first-order valence-corrected chi connectivity index (χ1v) is 10.3. The van der Waals surface area contributed by atoms with Gasteiger partial charge in [-0.3, -0.25) is 4.79 Å². The van der Waals surface area contributed by atoms with Crippen molar-refractivity contribution in [3.8, 4) is 0 Å². The Hall–Kier alpha value is -0.710. The van der Waals surface area contributed by atoms with E-state index in [-0.39, 0.29) is 0 Å². The molecular weight excluding hydrogens is 316 g/mol. The number of aliphatic hydroxyl groups is 3. The van der Waals surface area contributed by atoms with E-state index >= 15 is 0 Å². The van der Waals surface area contributed by atoms with Gasteiger partial charge in [-0.05, 0) is 18.9 Å². The third-order valence-electron chi connectivity index (χ3n) is 4.60. The standard InChI is InChI=1S/C21H40O4/c1-2-3-4-5-6-7-8-9-10-11-12-13-14-15-16-17-19(23)21(25)20(24)18-22/h16-17,20-22,24-25H,2-15,18H2,1H3/t20-,21?/m0/s1. The molecule has 0 rings (SSSR count). The lowest BCUT2D eigenvalue weighted by Gasteiger charge is -2.11. The predicted molar refractivity (Wildman–Crippen MR) is 104 cm³/mol. The summed E-state index contributed by atoms with van der Waals surface area (Å²) in [7, 11) is 0. The zero-order valence-corrected chi connectivity index (χ0v) is 16.2. The van der Waals surface area contributed by atoms with Crippen molar-refractivity contribution in [2.45, 2.75) is 109 Å². The summed E-state index contributed by atoms with van der Waals surface area (Å²) < 4.78 is 0. The molecular formula is C21H40O4. The molecule has 3 N–H and O–H groups in total. The fraction of sp³-hybridized carbons (Fsp3) is 0.857. The molecule has 0 aromatic carbocycles. The number of rotatable bonds is 18. The Morgan fingerprint density at radius 1 is 0.800 bits per heavy atom. The molecule has 0 aromatic heterocycles. The van der Waals surface area contributed by atoms with Gasteiger partial charge in [-0.25, -0.2) is 0 Å². The van der Waals surface area contributed by atoms with Crippen molar-refractivity contribution >= 4 is 5.78 Å². The molecule has 148 valence electrons. The maximum absolute atomic E-state index is 11.5. The molecule has 2 atom stereocenters. The van der Waals surface area contributed by atoms with Gasteiger partial charge in [0.25, 0.3) is 0 Å². The second-order valence-corrected chi connectivity index (χ2v) is 7.03. The first kappa shape index (κ1) is 24.3. The molecule has 0 aliphatic heterocycles. The van der Waals surface area contributed by atoms with Crippen LogP contribution in [0.25, 0.3) is 0 Å². The third kappa shape index (κ3) is 15.3. The highest BCUT2D eigenvalue weighted by Gasteiger charge is 2.20. The Kier molecular flexibility index (Phi) is 17.6. The number of unbranched alkanes of at least 4 members (excludes halogenated alkanes) is 13. The van der Waals surface area contributed by atoms with E-state index in [9.17, 15) is 9.90 Å². The van der Waals surface area contributed by atoms with Crippen LogP contribution in [-0.2, 0) is 4.79 Å². The second-order valence-electron chi connectivity index (χ2n) is 7.03. The summed E-state index contributed by atoms with van der Waals surface area (Å²) in [4.78, 5) is 11.5. The zero-order valence-electron chi connectivity index (χ0n) is 16.2. The fourth-order valence-electron chi connectivity index (χ4n) is 2.87. The zero-order chi connectivity index (χ0) is 18.8. The normalized spacial score (nSPS) is 14.1. The Bertz CT molecular complexity index is 328. The maximum atomic E-state index is 11.5. The van der Waals surface area contributed by atoms with Gasteiger partial charge in [0.2, 0.25) is 0 Å². The summed E-state index contributed by atoms with van der Waals surface area (Å²) in [6.07, 6.45) is 18.0. The number of ketones is 1. The van der Waals surface area contributed by atoms with Crippen molar-refractivity contribution < 1.29 is 20.1 Å². The van der Waals surface area contributed by atoms with Gasteiger partial charge in [0.15, 0.2) is 5.78 Å². The van der Waals surface area contributed by atoms with E-state index in [0.29, 0.717) is 0 Å². The van der Waals surface area contributed by atoms with Crippen LogP contribution in [0.1, 0.15) is 96.8 Å². The van der Waals surface area contributed by atoms with E-state index in [1.807, 2.05) is 0 Å². The number of hydrogen-bond donors (Lipinski definition) is 3. The largest absolute Gasteiger partial charge is 0.394 e. The summed E-state index contributed by atoms with van der Waals surface area (Å²) in [6, 6.07) is 0. The first-order valence-electron chi connectivity index (χ1n) is 10.3. The topological polar surface area (TPSA) is 77.8 Å². The van der Waals surface area contributed by atoms with Crippen LogP contribution in [0.3, 0.4) is 0 Å². The van der Waals surface area contributed by atoms with Gasteiger partial charge in [-0.1, -0.05) is 90.0 Å². The van der Waals surface area contributed by atoms with Crippen molar-refractivity contribution in [3.63, 3.8) is 0 Å². The predicted octanol–water partition coefficient (Wildman–Crippen LogP) is 4.31. The van der Waals surface area contributed by atoms with Crippen LogP contribution < -0.4 is 0 Å². The molecule has 0 amide bonds. The molecule has 25 heavy (non-hydrogen) atoms. The van der Waals surface area contributed by atoms with Crippen LogP contribution in [0.5, 0.6) is 0 Å². The van der Waals surface area contributed by atoms with Crippen LogP contribution in [0.15, 0.2) is 12.2 Å². The molecule has 0 spiro atoms. The third-order valence-corrected chi connectivity index (χ3v) is 4.60. The number of aliphatic hydroxyl groups excluding tert-OH is 3. The fourth-order valence-corrected chi connectivity index (χ4v) is 2.87. The van der Waals surface area contributed by atoms with Crippen LogP contribution >= 0.6 is 0 Å². The van der Waals surface area contributed by atoms with Crippen molar-refractivity contribution in [3.05, 3.63) is 12.2 Å². The Balaban J connectivity index is 3.33. The van der Waals surface area contributed by atoms with Gasteiger partial charge >= 0.3 is 0 Å². The number of carbonyl (C=O) groups is 1. The summed E-state index contributed by atoms with van der Waals surface area (Å²) >= 11 is 0. The van der Waals surface area contributed by atoms with Crippen molar-refractivity contribution in [2.75, 3.05) is 6.61 Å². The molecule has 0 bridgehead atoms. The van der Waals surface area contributed by atoms with Crippen molar-refractivity contribution in [2.24, 2.45) is 0 Å².